The molecule has 0 heterocycles. The van der Waals surface area contributed by atoms with Gasteiger partial charge in [-0.15, -0.1) is 0 Å². The molecular formula is C9H13NO. The van der Waals surface area contributed by atoms with E-state index in [-0.39, 0.29) is 6.04 Å². The molecule has 0 fully saturated rings. The van der Waals surface area contributed by atoms with E-state index in [1.165, 1.54) is 0 Å². The molecule has 1 aromatic carbocycles. The first kappa shape index (κ1) is 8.24. The first-order chi connectivity index (χ1) is 5.34. The predicted molar refractivity (Wildman–Crippen MR) is 45.2 cm³/mol. The van der Waals surface area contributed by atoms with Crippen molar-refractivity contribution >= 4 is 0 Å². The van der Waals surface area contributed by atoms with Gasteiger partial charge in [-0.3, -0.25) is 0 Å². The molecule has 0 saturated carbocycles. The molecule has 0 radical (unpaired) electrons. The van der Waals surface area contributed by atoms with Gasteiger partial charge in [0, 0.05) is 7.11 Å². The van der Waals surface area contributed by atoms with Crippen LogP contribution in [0.1, 0.15) is 11.6 Å². The molecule has 0 aromatic heterocycles. The topological polar surface area (TPSA) is 35.2 Å². The van der Waals surface area contributed by atoms with Crippen molar-refractivity contribution < 1.29 is 4.74 Å². The summed E-state index contributed by atoms with van der Waals surface area (Å²) < 4.78 is 4.93. The van der Waals surface area contributed by atoms with Crippen LogP contribution in [-0.2, 0) is 4.74 Å². The molecule has 11 heavy (non-hydrogen) atoms. The van der Waals surface area contributed by atoms with Gasteiger partial charge >= 0.3 is 0 Å². The second-order valence-electron chi connectivity index (χ2n) is 2.47. The van der Waals surface area contributed by atoms with Gasteiger partial charge < -0.3 is 10.5 Å². The van der Waals surface area contributed by atoms with E-state index >= 15 is 0 Å². The van der Waals surface area contributed by atoms with Gasteiger partial charge in [0.1, 0.15) is 0 Å². The van der Waals surface area contributed by atoms with Crippen LogP contribution in [0.5, 0.6) is 0 Å². The summed E-state index contributed by atoms with van der Waals surface area (Å²) in [6.07, 6.45) is 0. The van der Waals surface area contributed by atoms with Crippen LogP contribution in [0.4, 0.5) is 0 Å². The standard InChI is InChI=1S/C9H13NO/c1-11-7-9(10)8-5-3-2-4-6-8/h2-6,9H,7,10H2,1H3. The maximum absolute atomic E-state index is 5.78. The third kappa shape index (κ3) is 2.33. The van der Waals surface area contributed by atoms with E-state index in [4.69, 9.17) is 10.5 Å². The zero-order valence-electron chi connectivity index (χ0n) is 6.66. The van der Waals surface area contributed by atoms with Gasteiger partial charge in [-0.1, -0.05) is 30.3 Å². The normalized spacial score (nSPS) is 12.9. The molecule has 1 rings (SSSR count). The van der Waals surface area contributed by atoms with Crippen molar-refractivity contribution in [1.29, 1.82) is 0 Å². The Morgan fingerprint density at radius 3 is 2.55 bits per heavy atom. The molecule has 60 valence electrons. The number of benzene rings is 1. The molecule has 2 N–H and O–H groups in total. The Hall–Kier alpha value is -0.860. The zero-order valence-corrected chi connectivity index (χ0v) is 6.66. The summed E-state index contributed by atoms with van der Waals surface area (Å²) in [5.74, 6) is 0. The van der Waals surface area contributed by atoms with Crippen molar-refractivity contribution in [2.45, 2.75) is 6.04 Å². The highest BCUT2D eigenvalue weighted by molar-refractivity contribution is 5.18. The molecule has 0 spiro atoms. The number of nitrogens with two attached hydrogens (primary N) is 1. The van der Waals surface area contributed by atoms with Crippen LogP contribution in [-0.4, -0.2) is 13.7 Å². The molecular weight excluding hydrogens is 138 g/mol. The van der Waals surface area contributed by atoms with E-state index in [0.717, 1.165) is 5.56 Å². The SMILES string of the molecule is COCC(N)c1ccccc1. The van der Waals surface area contributed by atoms with Crippen LogP contribution in [0.2, 0.25) is 0 Å². The Bertz CT molecular complexity index is 198. The van der Waals surface area contributed by atoms with Gasteiger partial charge in [0.15, 0.2) is 0 Å². The highest BCUT2D eigenvalue weighted by atomic mass is 16.5. The second-order valence-corrected chi connectivity index (χ2v) is 2.47. The van der Waals surface area contributed by atoms with Crippen molar-refractivity contribution in [3.8, 4) is 0 Å². The summed E-state index contributed by atoms with van der Waals surface area (Å²) in [4.78, 5) is 0. The fraction of sp³-hybridized carbons (Fsp3) is 0.333. The minimum atomic E-state index is 0.00111. The third-order valence-corrected chi connectivity index (χ3v) is 1.57. The van der Waals surface area contributed by atoms with Gasteiger partial charge in [0.05, 0.1) is 12.6 Å². The quantitative estimate of drug-likeness (QED) is 0.707. The highest BCUT2D eigenvalue weighted by Crippen LogP contribution is 2.08. The summed E-state index contributed by atoms with van der Waals surface area (Å²) in [7, 11) is 1.66. The van der Waals surface area contributed by atoms with Crippen LogP contribution in [0, 0.1) is 0 Å². The van der Waals surface area contributed by atoms with Gasteiger partial charge in [-0.2, -0.15) is 0 Å². The summed E-state index contributed by atoms with van der Waals surface area (Å²) in [6.45, 7) is 0.573. The van der Waals surface area contributed by atoms with Crippen molar-refractivity contribution in [3.63, 3.8) is 0 Å². The molecule has 0 aliphatic rings. The van der Waals surface area contributed by atoms with E-state index in [1.54, 1.807) is 7.11 Å². The monoisotopic (exact) mass is 151 g/mol. The average molecular weight is 151 g/mol. The Labute approximate surface area is 67.0 Å². The van der Waals surface area contributed by atoms with E-state index in [2.05, 4.69) is 0 Å². The maximum atomic E-state index is 5.78. The van der Waals surface area contributed by atoms with Gasteiger partial charge in [-0.05, 0) is 5.56 Å². The first-order valence-corrected chi connectivity index (χ1v) is 3.64. The maximum Gasteiger partial charge on any atom is 0.0655 e. The summed E-state index contributed by atoms with van der Waals surface area (Å²) in [5.41, 5.74) is 6.90. The largest absolute Gasteiger partial charge is 0.383 e. The van der Waals surface area contributed by atoms with Crippen molar-refractivity contribution in [2.24, 2.45) is 5.73 Å². The fourth-order valence-corrected chi connectivity index (χ4v) is 0.976. The first-order valence-electron chi connectivity index (χ1n) is 3.64. The smallest absolute Gasteiger partial charge is 0.0655 e. The minimum absolute atomic E-state index is 0.00111. The van der Waals surface area contributed by atoms with Crippen molar-refractivity contribution in [3.05, 3.63) is 35.9 Å². The van der Waals surface area contributed by atoms with Gasteiger partial charge in [-0.25, -0.2) is 0 Å². The van der Waals surface area contributed by atoms with Crippen LogP contribution in [0.15, 0.2) is 30.3 Å². The lowest BCUT2D eigenvalue weighted by atomic mass is 10.1. The second kappa shape index (κ2) is 4.11. The van der Waals surface area contributed by atoms with E-state index in [1.807, 2.05) is 30.3 Å². The number of hydrogen-bond acceptors (Lipinski definition) is 2. The van der Waals surface area contributed by atoms with E-state index < -0.39 is 0 Å². The van der Waals surface area contributed by atoms with Gasteiger partial charge in [0.25, 0.3) is 0 Å². The number of methoxy groups -OCH3 is 1. The van der Waals surface area contributed by atoms with Crippen molar-refractivity contribution in [2.75, 3.05) is 13.7 Å². The molecule has 2 heteroatoms. The molecule has 1 unspecified atom stereocenters. The molecule has 0 bridgehead atoms. The Morgan fingerprint density at radius 1 is 1.36 bits per heavy atom. The molecule has 0 amide bonds. The summed E-state index contributed by atoms with van der Waals surface area (Å²) in [5, 5.41) is 0. The average Bonchev–Trinajstić information content (AvgIpc) is 2.07. The number of ether oxygens (including phenoxy) is 1. The molecule has 0 aliphatic heterocycles. The Balaban J connectivity index is 2.61. The molecule has 1 aromatic rings. The van der Waals surface area contributed by atoms with E-state index in [9.17, 15) is 0 Å². The van der Waals surface area contributed by atoms with Crippen molar-refractivity contribution in [1.82, 2.24) is 0 Å². The number of hydrogen-bond donors (Lipinski definition) is 1. The third-order valence-electron chi connectivity index (χ3n) is 1.57. The van der Waals surface area contributed by atoms with Gasteiger partial charge in [0.2, 0.25) is 0 Å². The summed E-state index contributed by atoms with van der Waals surface area (Å²) >= 11 is 0. The predicted octanol–water partition coefficient (Wildman–Crippen LogP) is 1.33. The lowest BCUT2D eigenvalue weighted by Gasteiger charge is -2.09. The van der Waals surface area contributed by atoms with Crippen LogP contribution in [0.25, 0.3) is 0 Å². The lowest BCUT2D eigenvalue weighted by molar-refractivity contribution is 0.181. The Morgan fingerprint density at radius 2 is 2.00 bits per heavy atom. The highest BCUT2D eigenvalue weighted by Gasteiger charge is 2.02. The van der Waals surface area contributed by atoms with E-state index in [0.29, 0.717) is 6.61 Å². The van der Waals surface area contributed by atoms with Crippen LogP contribution >= 0.6 is 0 Å². The fourth-order valence-electron chi connectivity index (χ4n) is 0.976. The molecule has 1 atom stereocenters. The number of rotatable bonds is 3. The minimum Gasteiger partial charge on any atom is -0.383 e. The molecule has 2 nitrogen and oxygen atoms in total. The zero-order chi connectivity index (χ0) is 8.10. The van der Waals surface area contributed by atoms with Crippen LogP contribution in [0.3, 0.4) is 0 Å². The summed E-state index contributed by atoms with van der Waals surface area (Å²) in [6, 6.07) is 9.94. The van der Waals surface area contributed by atoms with Crippen LogP contribution < -0.4 is 5.73 Å². The molecule has 0 aliphatic carbocycles. The Kier molecular flexibility index (Phi) is 3.08. The lowest BCUT2D eigenvalue weighted by Crippen LogP contribution is -2.15. The molecule has 0 saturated heterocycles.